The second kappa shape index (κ2) is 8.62. The van der Waals surface area contributed by atoms with Gasteiger partial charge in [-0.15, -0.1) is 0 Å². The molecule has 1 N–H and O–H groups in total. The Morgan fingerprint density at radius 1 is 1.04 bits per heavy atom. The topological polar surface area (TPSA) is 59.8 Å². The molecule has 3 rings (SSSR count). The Bertz CT molecular complexity index is 902. The molecule has 140 valence electrons. The number of nitrogens with zero attached hydrogens (tertiary/aromatic N) is 3. The van der Waals surface area contributed by atoms with Crippen molar-refractivity contribution in [1.29, 1.82) is 0 Å². The quantitative estimate of drug-likeness (QED) is 0.699. The third kappa shape index (κ3) is 4.82. The number of aromatic nitrogens is 3. The monoisotopic (exact) mass is 362 g/mol. The first-order valence-corrected chi connectivity index (χ1v) is 9.30. The van der Waals surface area contributed by atoms with Crippen LogP contribution in [0.25, 0.3) is 0 Å². The molecule has 1 heterocycles. The number of aryl methyl sites for hydroxylation is 3. The zero-order valence-corrected chi connectivity index (χ0v) is 16.1. The Balaban J connectivity index is 1.68. The van der Waals surface area contributed by atoms with E-state index in [-0.39, 0.29) is 11.8 Å². The van der Waals surface area contributed by atoms with E-state index in [0.717, 1.165) is 17.2 Å². The summed E-state index contributed by atoms with van der Waals surface area (Å²) >= 11 is 0. The van der Waals surface area contributed by atoms with Crippen LogP contribution in [0.3, 0.4) is 0 Å². The first kappa shape index (κ1) is 18.8. The molecule has 0 aliphatic carbocycles. The number of carbonyl (C=O) groups is 1. The minimum Gasteiger partial charge on any atom is -0.354 e. The molecule has 0 aliphatic rings. The number of amides is 1. The van der Waals surface area contributed by atoms with Crippen molar-refractivity contribution in [1.82, 2.24) is 20.1 Å². The van der Waals surface area contributed by atoms with Crippen molar-refractivity contribution >= 4 is 5.91 Å². The largest absolute Gasteiger partial charge is 0.354 e. The molecule has 0 saturated heterocycles. The van der Waals surface area contributed by atoms with Crippen molar-refractivity contribution in [3.8, 4) is 0 Å². The fourth-order valence-corrected chi connectivity index (χ4v) is 3.40. The Labute approximate surface area is 160 Å². The SMILES string of the molecule is Cc1nc(C)n(CCNC(=O)CC(c2ccccc2)c2ccccc2C)n1. The Kier molecular flexibility index (Phi) is 6.01. The number of carbonyl (C=O) groups excluding carboxylic acids is 1. The second-order valence-corrected chi connectivity index (χ2v) is 6.80. The molecule has 0 fully saturated rings. The van der Waals surface area contributed by atoms with Gasteiger partial charge in [0.1, 0.15) is 11.6 Å². The van der Waals surface area contributed by atoms with E-state index in [9.17, 15) is 4.79 Å². The number of benzene rings is 2. The summed E-state index contributed by atoms with van der Waals surface area (Å²) in [7, 11) is 0. The van der Waals surface area contributed by atoms with Gasteiger partial charge in [-0.3, -0.25) is 4.79 Å². The molecule has 2 aromatic carbocycles. The maximum Gasteiger partial charge on any atom is 0.221 e. The lowest BCUT2D eigenvalue weighted by Gasteiger charge is -2.20. The van der Waals surface area contributed by atoms with Crippen LogP contribution in [-0.2, 0) is 11.3 Å². The summed E-state index contributed by atoms with van der Waals surface area (Å²) in [5, 5.41) is 7.36. The molecule has 0 aliphatic heterocycles. The van der Waals surface area contributed by atoms with E-state index in [1.165, 1.54) is 11.1 Å². The van der Waals surface area contributed by atoms with Crippen molar-refractivity contribution < 1.29 is 4.79 Å². The lowest BCUT2D eigenvalue weighted by atomic mass is 9.86. The number of rotatable bonds is 7. The molecule has 5 nitrogen and oxygen atoms in total. The third-order valence-corrected chi connectivity index (χ3v) is 4.76. The fourth-order valence-electron chi connectivity index (χ4n) is 3.40. The molecule has 3 aromatic rings. The zero-order chi connectivity index (χ0) is 19.2. The van der Waals surface area contributed by atoms with Gasteiger partial charge in [-0.1, -0.05) is 54.6 Å². The Morgan fingerprint density at radius 3 is 2.41 bits per heavy atom. The highest BCUT2D eigenvalue weighted by Gasteiger charge is 2.19. The van der Waals surface area contributed by atoms with Gasteiger partial charge in [0.15, 0.2) is 0 Å². The molecular weight excluding hydrogens is 336 g/mol. The van der Waals surface area contributed by atoms with Crippen LogP contribution < -0.4 is 5.32 Å². The fraction of sp³-hybridized carbons (Fsp3) is 0.318. The van der Waals surface area contributed by atoms with Crippen LogP contribution in [0, 0.1) is 20.8 Å². The predicted molar refractivity (Wildman–Crippen MR) is 107 cm³/mol. The molecule has 0 spiro atoms. The van der Waals surface area contributed by atoms with Crippen molar-refractivity contribution in [3.63, 3.8) is 0 Å². The van der Waals surface area contributed by atoms with Crippen molar-refractivity contribution in [2.75, 3.05) is 6.54 Å². The van der Waals surface area contributed by atoms with Crippen LogP contribution in [0.4, 0.5) is 0 Å². The average Bonchev–Trinajstić information content (AvgIpc) is 2.98. The number of nitrogens with one attached hydrogen (secondary N) is 1. The van der Waals surface area contributed by atoms with Crippen LogP contribution in [0.15, 0.2) is 54.6 Å². The second-order valence-electron chi connectivity index (χ2n) is 6.80. The lowest BCUT2D eigenvalue weighted by Crippen LogP contribution is -2.29. The molecular formula is C22H26N4O. The highest BCUT2D eigenvalue weighted by Crippen LogP contribution is 2.30. The molecule has 1 aromatic heterocycles. The smallest absolute Gasteiger partial charge is 0.221 e. The van der Waals surface area contributed by atoms with E-state index in [0.29, 0.717) is 19.5 Å². The molecule has 5 heteroatoms. The van der Waals surface area contributed by atoms with Crippen LogP contribution in [0.2, 0.25) is 0 Å². The minimum absolute atomic E-state index is 0.0431. The van der Waals surface area contributed by atoms with Gasteiger partial charge in [0.25, 0.3) is 0 Å². The molecule has 0 saturated carbocycles. The summed E-state index contributed by atoms with van der Waals surface area (Å²) in [5.41, 5.74) is 3.55. The molecule has 1 atom stereocenters. The van der Waals surface area contributed by atoms with Crippen molar-refractivity contribution in [3.05, 3.63) is 82.9 Å². The summed E-state index contributed by atoms with van der Waals surface area (Å²) in [6.07, 6.45) is 0.421. The number of hydrogen-bond donors (Lipinski definition) is 1. The highest BCUT2D eigenvalue weighted by molar-refractivity contribution is 5.77. The first-order valence-electron chi connectivity index (χ1n) is 9.30. The van der Waals surface area contributed by atoms with Crippen LogP contribution >= 0.6 is 0 Å². The van der Waals surface area contributed by atoms with Gasteiger partial charge in [0, 0.05) is 18.9 Å². The van der Waals surface area contributed by atoms with Crippen LogP contribution in [-0.4, -0.2) is 27.2 Å². The summed E-state index contributed by atoms with van der Waals surface area (Å²) in [5.74, 6) is 1.70. The molecule has 27 heavy (non-hydrogen) atoms. The van der Waals surface area contributed by atoms with Crippen LogP contribution in [0.5, 0.6) is 0 Å². The summed E-state index contributed by atoms with van der Waals surface area (Å²) < 4.78 is 1.83. The van der Waals surface area contributed by atoms with Crippen molar-refractivity contribution in [2.24, 2.45) is 0 Å². The van der Waals surface area contributed by atoms with Gasteiger partial charge in [0.2, 0.25) is 5.91 Å². The van der Waals surface area contributed by atoms with E-state index in [1.54, 1.807) is 0 Å². The standard InChI is InChI=1S/C22H26N4O/c1-16-9-7-8-12-20(16)21(19-10-5-4-6-11-19)15-22(27)23-13-14-26-18(3)24-17(2)25-26/h4-12,21H,13-15H2,1-3H3,(H,23,27). The third-order valence-electron chi connectivity index (χ3n) is 4.76. The van der Waals surface area contributed by atoms with E-state index >= 15 is 0 Å². The van der Waals surface area contributed by atoms with E-state index in [1.807, 2.05) is 48.9 Å². The molecule has 0 radical (unpaired) electrons. The normalized spacial score (nSPS) is 12.0. The number of hydrogen-bond acceptors (Lipinski definition) is 3. The van der Waals surface area contributed by atoms with Gasteiger partial charge in [-0.05, 0) is 37.5 Å². The summed E-state index contributed by atoms with van der Waals surface area (Å²) in [6, 6.07) is 18.5. The van der Waals surface area contributed by atoms with Gasteiger partial charge in [-0.25, -0.2) is 9.67 Å². The summed E-state index contributed by atoms with van der Waals surface area (Å²) in [4.78, 5) is 16.9. The maximum atomic E-state index is 12.6. The van der Waals surface area contributed by atoms with Crippen LogP contribution in [0.1, 0.15) is 40.7 Å². The van der Waals surface area contributed by atoms with Gasteiger partial charge < -0.3 is 5.32 Å². The Morgan fingerprint density at radius 2 is 1.74 bits per heavy atom. The predicted octanol–water partition coefficient (Wildman–Crippen LogP) is 3.54. The Hall–Kier alpha value is -2.95. The molecule has 1 amide bonds. The first-order chi connectivity index (χ1) is 13.0. The summed E-state index contributed by atoms with van der Waals surface area (Å²) in [6.45, 7) is 7.05. The lowest BCUT2D eigenvalue weighted by molar-refractivity contribution is -0.121. The van der Waals surface area contributed by atoms with Gasteiger partial charge in [-0.2, -0.15) is 5.10 Å². The maximum absolute atomic E-state index is 12.6. The average molecular weight is 362 g/mol. The van der Waals surface area contributed by atoms with Gasteiger partial charge >= 0.3 is 0 Å². The van der Waals surface area contributed by atoms with Crippen molar-refractivity contribution in [2.45, 2.75) is 39.7 Å². The van der Waals surface area contributed by atoms with E-state index in [4.69, 9.17) is 0 Å². The minimum atomic E-state index is 0.0431. The highest BCUT2D eigenvalue weighted by atomic mass is 16.1. The molecule has 1 unspecified atom stereocenters. The van der Waals surface area contributed by atoms with E-state index < -0.39 is 0 Å². The molecule has 0 bridgehead atoms. The van der Waals surface area contributed by atoms with E-state index in [2.05, 4.69) is 46.6 Å². The van der Waals surface area contributed by atoms with Gasteiger partial charge in [0.05, 0.1) is 6.54 Å². The zero-order valence-electron chi connectivity index (χ0n) is 16.1.